The first-order valence-corrected chi connectivity index (χ1v) is 15.3. The van der Waals surface area contributed by atoms with Crippen LogP contribution in [-0.4, -0.2) is 37.1 Å². The predicted molar refractivity (Wildman–Crippen MR) is 149 cm³/mol. The molecule has 1 aliphatic heterocycles. The Morgan fingerprint density at radius 2 is 1.74 bits per heavy atom. The Kier molecular flexibility index (Phi) is 17.0. The van der Waals surface area contributed by atoms with Crippen molar-refractivity contribution in [1.29, 1.82) is 0 Å². The van der Waals surface area contributed by atoms with E-state index in [1.165, 1.54) is 77.0 Å². The fourth-order valence-electron chi connectivity index (χ4n) is 5.64. The van der Waals surface area contributed by atoms with Gasteiger partial charge in [0.05, 0.1) is 5.92 Å². The lowest BCUT2D eigenvalue weighted by molar-refractivity contribution is -0.149. The Bertz CT molecular complexity index is 625. The number of piperidine rings is 1. The summed E-state index contributed by atoms with van der Waals surface area (Å²) in [6.45, 7) is 8.27. The summed E-state index contributed by atoms with van der Waals surface area (Å²) in [4.78, 5) is 15.2. The van der Waals surface area contributed by atoms with E-state index in [-0.39, 0.29) is 11.9 Å². The van der Waals surface area contributed by atoms with Gasteiger partial charge in [-0.15, -0.1) is 5.92 Å². The van der Waals surface area contributed by atoms with Crippen molar-refractivity contribution >= 4 is 5.97 Å². The van der Waals surface area contributed by atoms with Gasteiger partial charge in [0.1, 0.15) is 6.61 Å². The maximum Gasteiger partial charge on any atom is 0.308 e. The number of nitrogens with zero attached hydrogens (tertiary/aromatic N) is 1. The molecule has 3 nitrogen and oxygen atoms in total. The van der Waals surface area contributed by atoms with Crippen molar-refractivity contribution in [2.45, 2.75) is 129 Å². The van der Waals surface area contributed by atoms with Crippen LogP contribution < -0.4 is 0 Å². The lowest BCUT2D eigenvalue weighted by Gasteiger charge is -2.26. The molecule has 35 heavy (non-hydrogen) atoms. The average molecular weight is 486 g/mol. The van der Waals surface area contributed by atoms with E-state index < -0.39 is 0 Å². The van der Waals surface area contributed by atoms with Gasteiger partial charge in [0.2, 0.25) is 0 Å². The summed E-state index contributed by atoms with van der Waals surface area (Å²) in [7, 11) is 0. The van der Waals surface area contributed by atoms with E-state index in [9.17, 15) is 4.79 Å². The van der Waals surface area contributed by atoms with Crippen LogP contribution in [0.5, 0.6) is 0 Å². The second-order valence-corrected chi connectivity index (χ2v) is 11.0. The van der Waals surface area contributed by atoms with Gasteiger partial charge in [-0.3, -0.25) is 9.69 Å². The Labute approximate surface area is 217 Å². The third-order valence-electron chi connectivity index (χ3n) is 7.98. The molecule has 1 aliphatic carbocycles. The summed E-state index contributed by atoms with van der Waals surface area (Å²) >= 11 is 0. The van der Waals surface area contributed by atoms with Crippen LogP contribution in [0.2, 0.25) is 0 Å². The van der Waals surface area contributed by atoms with Crippen LogP contribution in [0.1, 0.15) is 129 Å². The summed E-state index contributed by atoms with van der Waals surface area (Å²) in [6, 6.07) is 0. The zero-order valence-corrected chi connectivity index (χ0v) is 23.2. The number of unbranched alkanes of at least 4 members (excludes halogenated alkanes) is 6. The SMILES string of the molecule is CCCCCCC#C[C@H]1CCC[C@@H]1CC=CCCC(CCCCC)C(=O)OCCN1CCCCC1. The van der Waals surface area contributed by atoms with Crippen molar-refractivity contribution in [3.8, 4) is 11.8 Å². The van der Waals surface area contributed by atoms with Crippen LogP contribution in [0.25, 0.3) is 0 Å². The van der Waals surface area contributed by atoms with E-state index in [0.717, 1.165) is 64.1 Å². The number of carbonyl (C=O) groups excluding carboxylic acids is 1. The Morgan fingerprint density at radius 1 is 0.943 bits per heavy atom. The first-order valence-electron chi connectivity index (χ1n) is 15.3. The van der Waals surface area contributed by atoms with Crippen LogP contribution in [0.15, 0.2) is 12.2 Å². The molecule has 1 heterocycles. The van der Waals surface area contributed by atoms with Crippen molar-refractivity contribution < 1.29 is 9.53 Å². The van der Waals surface area contributed by atoms with Gasteiger partial charge in [0, 0.05) is 18.9 Å². The molecule has 3 heteroatoms. The summed E-state index contributed by atoms with van der Waals surface area (Å²) in [5.41, 5.74) is 0. The maximum absolute atomic E-state index is 12.8. The molecule has 0 N–H and O–H groups in total. The molecule has 0 bridgehead atoms. The zero-order valence-electron chi connectivity index (χ0n) is 23.2. The maximum atomic E-state index is 12.8. The monoisotopic (exact) mass is 485 g/mol. The third kappa shape index (κ3) is 13.6. The van der Waals surface area contributed by atoms with Gasteiger partial charge in [0.25, 0.3) is 0 Å². The Morgan fingerprint density at radius 3 is 2.54 bits per heavy atom. The molecule has 0 aromatic heterocycles. The van der Waals surface area contributed by atoms with E-state index in [0.29, 0.717) is 12.5 Å². The molecule has 0 spiro atoms. The van der Waals surface area contributed by atoms with Crippen LogP contribution in [0.3, 0.4) is 0 Å². The molecule has 1 unspecified atom stereocenters. The van der Waals surface area contributed by atoms with Crippen LogP contribution in [-0.2, 0) is 9.53 Å². The van der Waals surface area contributed by atoms with E-state index in [4.69, 9.17) is 4.74 Å². The summed E-state index contributed by atoms with van der Waals surface area (Å²) in [6.07, 6.45) is 26.4. The number of rotatable bonds is 17. The number of ether oxygens (including phenoxy) is 1. The summed E-state index contributed by atoms with van der Waals surface area (Å²) in [5.74, 6) is 8.51. The molecule has 1 saturated heterocycles. The molecule has 3 atom stereocenters. The van der Waals surface area contributed by atoms with Gasteiger partial charge in [-0.05, 0) is 76.8 Å². The van der Waals surface area contributed by atoms with Gasteiger partial charge < -0.3 is 4.74 Å². The highest BCUT2D eigenvalue weighted by Crippen LogP contribution is 2.34. The van der Waals surface area contributed by atoms with Crippen molar-refractivity contribution in [2.75, 3.05) is 26.2 Å². The third-order valence-corrected chi connectivity index (χ3v) is 7.98. The summed E-state index contributed by atoms with van der Waals surface area (Å²) < 4.78 is 5.74. The number of hydrogen-bond acceptors (Lipinski definition) is 3. The molecular formula is C32H55NO2. The minimum atomic E-state index is 0.0385. The van der Waals surface area contributed by atoms with Gasteiger partial charge >= 0.3 is 5.97 Å². The Balaban J connectivity index is 1.68. The average Bonchev–Trinajstić information content (AvgIpc) is 3.32. The van der Waals surface area contributed by atoms with Crippen molar-refractivity contribution in [3.05, 3.63) is 12.2 Å². The van der Waals surface area contributed by atoms with Crippen molar-refractivity contribution in [2.24, 2.45) is 17.8 Å². The highest BCUT2D eigenvalue weighted by atomic mass is 16.5. The number of hydrogen-bond donors (Lipinski definition) is 0. The smallest absolute Gasteiger partial charge is 0.308 e. The zero-order chi connectivity index (χ0) is 25.0. The number of esters is 1. The van der Waals surface area contributed by atoms with Crippen molar-refractivity contribution in [1.82, 2.24) is 4.90 Å². The van der Waals surface area contributed by atoms with E-state index in [2.05, 4.69) is 42.7 Å². The second kappa shape index (κ2) is 19.9. The lowest BCUT2D eigenvalue weighted by Crippen LogP contribution is -2.33. The molecule has 0 aromatic rings. The van der Waals surface area contributed by atoms with Crippen LogP contribution in [0, 0.1) is 29.6 Å². The minimum Gasteiger partial charge on any atom is -0.464 e. The molecule has 200 valence electrons. The highest BCUT2D eigenvalue weighted by Gasteiger charge is 2.24. The fourth-order valence-corrected chi connectivity index (χ4v) is 5.64. The van der Waals surface area contributed by atoms with Gasteiger partial charge in [-0.1, -0.05) is 83.3 Å². The standard InChI is InChI=1S/C32H55NO2/c1-3-5-7-8-9-13-19-29-23-18-24-30(29)20-14-10-15-22-31(21-12-6-4-2)32(34)35-28-27-33-25-16-11-17-26-33/h10,14,29-31H,3-9,11-12,15-18,20-28H2,1-2H3/t29-,30-,31?/m0/s1. The predicted octanol–water partition coefficient (Wildman–Crippen LogP) is 8.33. The molecule has 0 amide bonds. The highest BCUT2D eigenvalue weighted by molar-refractivity contribution is 5.72. The second-order valence-electron chi connectivity index (χ2n) is 11.0. The number of carbonyl (C=O) groups is 1. The molecule has 0 radical (unpaired) electrons. The van der Waals surface area contributed by atoms with E-state index >= 15 is 0 Å². The van der Waals surface area contributed by atoms with Crippen molar-refractivity contribution in [3.63, 3.8) is 0 Å². The van der Waals surface area contributed by atoms with E-state index in [1.54, 1.807) is 0 Å². The molecule has 2 rings (SSSR count). The first-order chi connectivity index (χ1) is 17.2. The minimum absolute atomic E-state index is 0.0385. The van der Waals surface area contributed by atoms with Gasteiger partial charge in [0.15, 0.2) is 0 Å². The Hall–Kier alpha value is -1.27. The summed E-state index contributed by atoms with van der Waals surface area (Å²) in [5, 5.41) is 0. The molecular weight excluding hydrogens is 430 g/mol. The normalized spacial score (nSPS) is 21.7. The first kappa shape index (κ1) is 30.0. The number of likely N-dealkylation sites (tertiary alicyclic amines) is 1. The lowest BCUT2D eigenvalue weighted by atomic mass is 9.92. The van der Waals surface area contributed by atoms with Crippen LogP contribution in [0.4, 0.5) is 0 Å². The molecule has 2 fully saturated rings. The topological polar surface area (TPSA) is 29.5 Å². The van der Waals surface area contributed by atoms with Gasteiger partial charge in [-0.2, -0.15) is 0 Å². The van der Waals surface area contributed by atoms with Gasteiger partial charge in [-0.25, -0.2) is 0 Å². The fraction of sp³-hybridized carbons (Fsp3) is 0.844. The van der Waals surface area contributed by atoms with E-state index in [1.807, 2.05) is 0 Å². The quantitative estimate of drug-likeness (QED) is 0.0897. The molecule has 1 saturated carbocycles. The van der Waals surface area contributed by atoms with Crippen LogP contribution >= 0.6 is 0 Å². The largest absolute Gasteiger partial charge is 0.464 e. The number of allylic oxidation sites excluding steroid dienone is 2. The molecule has 0 aromatic carbocycles. The molecule has 2 aliphatic rings.